The number of hydrogen-bond donors (Lipinski definition) is 1. The first-order valence-corrected chi connectivity index (χ1v) is 7.32. The fourth-order valence-electron chi connectivity index (χ4n) is 2.14. The monoisotopic (exact) mass is 307 g/mol. The predicted molar refractivity (Wildman–Crippen MR) is 70.4 cm³/mol. The number of hydrogen-bond acceptors (Lipinski definition) is 3. The lowest BCUT2D eigenvalue weighted by atomic mass is 9.86. The number of rotatable bonds is 7. The molecule has 0 aromatic heterocycles. The first-order chi connectivity index (χ1) is 8.27. The summed E-state index contributed by atoms with van der Waals surface area (Å²) in [5, 5.41) is 4.02. The fraction of sp³-hybridized carbons (Fsp3) is 0.917. The van der Waals surface area contributed by atoms with Crippen LogP contribution in [0.1, 0.15) is 25.7 Å². The minimum Gasteiger partial charge on any atom is -0.382 e. The van der Waals surface area contributed by atoms with Gasteiger partial charge in [0, 0.05) is 18.5 Å². The van der Waals surface area contributed by atoms with Gasteiger partial charge in [-0.25, -0.2) is 0 Å². The molecule has 0 heterocycles. The van der Waals surface area contributed by atoms with E-state index in [4.69, 9.17) is 9.47 Å². The van der Waals surface area contributed by atoms with Gasteiger partial charge in [-0.3, -0.25) is 4.79 Å². The molecule has 0 spiro atoms. The maximum absolute atomic E-state index is 11.6. The molecule has 1 N–H and O–H groups in total. The molecule has 2 atom stereocenters. The van der Waals surface area contributed by atoms with Gasteiger partial charge in [0.25, 0.3) is 0 Å². The van der Waals surface area contributed by atoms with Crippen LogP contribution in [0, 0.1) is 5.92 Å². The number of methoxy groups -OCH3 is 1. The van der Waals surface area contributed by atoms with E-state index in [2.05, 4.69) is 21.2 Å². The molecule has 0 bridgehead atoms. The van der Waals surface area contributed by atoms with Crippen molar-refractivity contribution in [1.82, 2.24) is 5.32 Å². The van der Waals surface area contributed by atoms with Crippen LogP contribution in [0.3, 0.4) is 0 Å². The van der Waals surface area contributed by atoms with Gasteiger partial charge in [0.1, 0.15) is 6.61 Å². The average molecular weight is 308 g/mol. The Labute approximate surface area is 112 Å². The van der Waals surface area contributed by atoms with Crippen molar-refractivity contribution < 1.29 is 14.3 Å². The Bertz CT molecular complexity index is 226. The molecule has 1 amide bonds. The number of amides is 1. The van der Waals surface area contributed by atoms with Crippen molar-refractivity contribution in [3.8, 4) is 0 Å². The zero-order valence-corrected chi connectivity index (χ0v) is 12.0. The van der Waals surface area contributed by atoms with Crippen molar-refractivity contribution in [2.24, 2.45) is 5.92 Å². The summed E-state index contributed by atoms with van der Waals surface area (Å²) in [4.78, 5) is 11.6. The van der Waals surface area contributed by atoms with Crippen LogP contribution < -0.4 is 5.32 Å². The summed E-state index contributed by atoms with van der Waals surface area (Å²) < 4.78 is 10.0. The van der Waals surface area contributed by atoms with E-state index in [1.165, 1.54) is 19.3 Å². The minimum absolute atomic E-state index is 0.0149. The Morgan fingerprint density at radius 2 is 2.12 bits per heavy atom. The van der Waals surface area contributed by atoms with Gasteiger partial charge in [-0.2, -0.15) is 0 Å². The highest BCUT2D eigenvalue weighted by molar-refractivity contribution is 9.09. The number of ether oxygens (including phenoxy) is 2. The second-order valence-electron chi connectivity index (χ2n) is 4.42. The molecule has 0 aromatic rings. The van der Waals surface area contributed by atoms with E-state index in [9.17, 15) is 4.79 Å². The lowest BCUT2D eigenvalue weighted by Gasteiger charge is -2.30. The maximum atomic E-state index is 11.6. The summed E-state index contributed by atoms with van der Waals surface area (Å²) in [7, 11) is 1.62. The molecule has 1 saturated carbocycles. The van der Waals surface area contributed by atoms with Gasteiger partial charge in [0.15, 0.2) is 0 Å². The highest BCUT2D eigenvalue weighted by Crippen LogP contribution is 2.25. The van der Waals surface area contributed by atoms with Crippen molar-refractivity contribution in [3.63, 3.8) is 0 Å². The molecule has 2 unspecified atom stereocenters. The van der Waals surface area contributed by atoms with Crippen LogP contribution in [-0.2, 0) is 14.3 Å². The fourth-order valence-corrected chi connectivity index (χ4v) is 2.91. The van der Waals surface area contributed by atoms with Gasteiger partial charge in [-0.15, -0.1) is 0 Å². The Hall–Kier alpha value is -0.130. The van der Waals surface area contributed by atoms with E-state index < -0.39 is 0 Å². The van der Waals surface area contributed by atoms with Crippen LogP contribution >= 0.6 is 15.9 Å². The number of carbonyl (C=O) groups is 1. The van der Waals surface area contributed by atoms with Crippen LogP contribution in [0.2, 0.25) is 0 Å². The van der Waals surface area contributed by atoms with E-state index in [-0.39, 0.29) is 12.5 Å². The van der Waals surface area contributed by atoms with Gasteiger partial charge < -0.3 is 14.8 Å². The van der Waals surface area contributed by atoms with E-state index in [1.807, 2.05) is 0 Å². The topological polar surface area (TPSA) is 47.6 Å². The van der Waals surface area contributed by atoms with Crippen LogP contribution in [0.4, 0.5) is 0 Å². The summed E-state index contributed by atoms with van der Waals surface area (Å²) in [5.41, 5.74) is 0. The third-order valence-electron chi connectivity index (χ3n) is 3.12. The molecular formula is C12H22BrNO3. The molecule has 17 heavy (non-hydrogen) atoms. The zero-order chi connectivity index (χ0) is 12.5. The molecule has 0 radical (unpaired) electrons. The second-order valence-corrected chi connectivity index (χ2v) is 5.07. The summed E-state index contributed by atoms with van der Waals surface area (Å²) in [5.74, 6) is 0.547. The van der Waals surface area contributed by atoms with E-state index in [0.717, 1.165) is 11.8 Å². The molecule has 0 aromatic carbocycles. The lowest BCUT2D eigenvalue weighted by Crippen LogP contribution is -2.44. The average Bonchev–Trinajstić information content (AvgIpc) is 2.35. The molecule has 4 nitrogen and oxygen atoms in total. The summed E-state index contributed by atoms with van der Waals surface area (Å²) in [6.07, 6.45) is 4.76. The van der Waals surface area contributed by atoms with Gasteiger partial charge in [-0.1, -0.05) is 28.8 Å². The molecule has 1 aliphatic carbocycles. The summed E-state index contributed by atoms with van der Waals surface area (Å²) in [6, 6.07) is 0.307. The van der Waals surface area contributed by atoms with Crippen LogP contribution in [0.25, 0.3) is 0 Å². The number of alkyl halides is 1. The lowest BCUT2D eigenvalue weighted by molar-refractivity contribution is -0.127. The Balaban J connectivity index is 2.19. The minimum atomic E-state index is -0.0149. The normalized spacial score (nSPS) is 24.6. The van der Waals surface area contributed by atoms with Crippen molar-refractivity contribution in [1.29, 1.82) is 0 Å². The van der Waals surface area contributed by atoms with Crippen LogP contribution in [-0.4, -0.2) is 44.2 Å². The molecule has 100 valence electrons. The highest BCUT2D eigenvalue weighted by atomic mass is 79.9. The van der Waals surface area contributed by atoms with Gasteiger partial charge in [-0.05, 0) is 18.8 Å². The predicted octanol–water partition coefficient (Wildman–Crippen LogP) is 1.72. The van der Waals surface area contributed by atoms with Gasteiger partial charge in [0.2, 0.25) is 5.91 Å². The summed E-state index contributed by atoms with van der Waals surface area (Å²) in [6.45, 7) is 1.13. The van der Waals surface area contributed by atoms with E-state index in [0.29, 0.717) is 25.2 Å². The van der Waals surface area contributed by atoms with Crippen molar-refractivity contribution in [3.05, 3.63) is 0 Å². The molecule has 0 aliphatic heterocycles. The second kappa shape index (κ2) is 8.89. The molecular weight excluding hydrogens is 286 g/mol. The standard InChI is InChI=1S/C12H22BrNO3/c1-16-6-7-17-9-12(15)14-11-5-3-2-4-10(11)8-13/h10-11H,2-9H2,1H3,(H,14,15). The van der Waals surface area contributed by atoms with Crippen LogP contribution in [0.5, 0.6) is 0 Å². The number of carbonyl (C=O) groups excluding carboxylic acids is 1. The molecule has 5 heteroatoms. The largest absolute Gasteiger partial charge is 0.382 e. The SMILES string of the molecule is COCCOCC(=O)NC1CCCCC1CBr. The molecule has 1 rings (SSSR count). The molecule has 1 aliphatic rings. The number of nitrogens with one attached hydrogen (secondary N) is 1. The zero-order valence-electron chi connectivity index (χ0n) is 10.4. The summed E-state index contributed by atoms with van der Waals surface area (Å²) >= 11 is 3.52. The smallest absolute Gasteiger partial charge is 0.246 e. The quantitative estimate of drug-likeness (QED) is 0.575. The Morgan fingerprint density at radius 1 is 1.35 bits per heavy atom. The number of halogens is 1. The third-order valence-corrected chi connectivity index (χ3v) is 3.95. The molecule has 1 fully saturated rings. The van der Waals surface area contributed by atoms with Crippen molar-refractivity contribution in [2.45, 2.75) is 31.7 Å². The van der Waals surface area contributed by atoms with Crippen LogP contribution in [0.15, 0.2) is 0 Å². The molecule has 0 saturated heterocycles. The van der Waals surface area contributed by atoms with E-state index in [1.54, 1.807) is 7.11 Å². The van der Waals surface area contributed by atoms with Gasteiger partial charge in [0.05, 0.1) is 13.2 Å². The van der Waals surface area contributed by atoms with Gasteiger partial charge >= 0.3 is 0 Å². The first-order valence-electron chi connectivity index (χ1n) is 6.20. The van der Waals surface area contributed by atoms with Crippen molar-refractivity contribution in [2.75, 3.05) is 32.3 Å². The first kappa shape index (κ1) is 14.9. The van der Waals surface area contributed by atoms with E-state index >= 15 is 0 Å². The van der Waals surface area contributed by atoms with Crippen molar-refractivity contribution >= 4 is 21.8 Å². The highest BCUT2D eigenvalue weighted by Gasteiger charge is 2.25. The Morgan fingerprint density at radius 3 is 2.82 bits per heavy atom. The Kier molecular flexibility index (Phi) is 7.81. The third kappa shape index (κ3) is 5.84. The maximum Gasteiger partial charge on any atom is 0.246 e.